The molecule has 0 bridgehead atoms. The number of rotatable bonds is 21. The van der Waals surface area contributed by atoms with Crippen LogP contribution in [0.15, 0.2) is 54.6 Å². The number of carbonyl (C=O) groups is 4. The molecule has 17 nitrogen and oxygen atoms in total. The molecule has 3 rings (SSSR count). The van der Waals surface area contributed by atoms with E-state index in [1.54, 1.807) is 59.6 Å². The molecule has 2 amide bonds. The fourth-order valence-corrected chi connectivity index (χ4v) is 5.24. The molecule has 0 aromatic heterocycles. The monoisotopic (exact) mass is 682 g/mol. The van der Waals surface area contributed by atoms with E-state index in [9.17, 15) is 19.2 Å². The summed E-state index contributed by atoms with van der Waals surface area (Å²) in [5, 5.41) is 20.7. The zero-order chi connectivity index (χ0) is 35.8. The lowest BCUT2D eigenvalue weighted by atomic mass is 10.1. The van der Waals surface area contributed by atoms with Crippen molar-refractivity contribution in [1.29, 1.82) is 5.41 Å². The molecule has 1 aliphatic rings. The van der Waals surface area contributed by atoms with Gasteiger partial charge >= 0.3 is 5.97 Å². The largest absolute Gasteiger partial charge is 0.421 e. The quantitative estimate of drug-likeness (QED) is 0.0126. The van der Waals surface area contributed by atoms with Crippen LogP contribution in [0, 0.1) is 5.41 Å². The van der Waals surface area contributed by atoms with Crippen molar-refractivity contribution in [2.75, 3.05) is 19.6 Å². The number of esters is 1. The number of ketones is 1. The molecule has 2 aromatic carbocycles. The molecule has 268 valence electrons. The van der Waals surface area contributed by atoms with E-state index in [1.165, 1.54) is 0 Å². The third kappa shape index (κ3) is 13.6. The Morgan fingerprint density at radius 2 is 1.49 bits per heavy atom. The van der Waals surface area contributed by atoms with Gasteiger partial charge in [0.15, 0.2) is 0 Å². The van der Waals surface area contributed by atoms with Gasteiger partial charge in [-0.25, -0.2) is 15.2 Å². The lowest BCUT2D eigenvalue weighted by Crippen LogP contribution is -2.58. The van der Waals surface area contributed by atoms with Gasteiger partial charge in [0.1, 0.15) is 36.2 Å². The van der Waals surface area contributed by atoms with E-state index in [2.05, 4.69) is 26.7 Å². The number of benzene rings is 2. The summed E-state index contributed by atoms with van der Waals surface area (Å²) in [6.45, 7) is 1.52. The van der Waals surface area contributed by atoms with Gasteiger partial charge < -0.3 is 44.0 Å². The Balaban J connectivity index is 1.68. The highest BCUT2D eigenvalue weighted by Crippen LogP contribution is 2.18. The second-order valence-electron chi connectivity index (χ2n) is 11.7. The van der Waals surface area contributed by atoms with Gasteiger partial charge in [-0.15, -0.1) is 0 Å². The second kappa shape index (κ2) is 20.2. The lowest BCUT2D eigenvalue weighted by Gasteiger charge is -2.30. The Morgan fingerprint density at radius 1 is 0.878 bits per heavy atom. The average molecular weight is 683 g/mol. The maximum absolute atomic E-state index is 13.7. The van der Waals surface area contributed by atoms with Crippen molar-refractivity contribution in [1.82, 2.24) is 31.7 Å². The highest BCUT2D eigenvalue weighted by molar-refractivity contribution is 6.36. The number of para-hydroxylation sites is 1. The van der Waals surface area contributed by atoms with Crippen molar-refractivity contribution in [3.63, 3.8) is 0 Å². The number of nitrogens with zero attached hydrogens (tertiary/aromatic N) is 1. The van der Waals surface area contributed by atoms with Crippen molar-refractivity contribution in [3.05, 3.63) is 65.7 Å². The number of amides is 2. The zero-order valence-corrected chi connectivity index (χ0v) is 27.5. The van der Waals surface area contributed by atoms with Crippen LogP contribution in [-0.2, 0) is 25.7 Å². The molecule has 0 radical (unpaired) electrons. The van der Waals surface area contributed by atoms with E-state index in [0.717, 1.165) is 5.56 Å². The number of amidine groups is 1. The first-order valence-electron chi connectivity index (χ1n) is 16.3. The van der Waals surface area contributed by atoms with Crippen molar-refractivity contribution in [2.24, 2.45) is 28.7 Å². The van der Waals surface area contributed by atoms with Crippen LogP contribution in [0.2, 0.25) is 0 Å². The minimum Gasteiger partial charge on any atom is -0.421 e. The standard InChI is InChI=1S/C32H50N12O5/c33-27(34)21-14-12-20(13-15-21)19-41-28(46)24(10-5-17-40-32(37)38)43-44-18-6-11-25(44)29(47)42-23(9-4-16-39-31(35)36)26(45)30(48)49-22-7-2-1-3-8-22/h1-3,7-8,12-15,23-25,31-32,39-40,43H,4-6,9-11,16-19,35-38H2,(H3,33,34)(H,41,46)(H,42,47)/t23-,24-,25-/m0/s1. The average Bonchev–Trinajstić information content (AvgIpc) is 3.54. The molecule has 1 aliphatic heterocycles. The third-order valence-corrected chi connectivity index (χ3v) is 7.81. The number of nitrogen functional groups attached to an aromatic ring is 1. The van der Waals surface area contributed by atoms with Crippen molar-refractivity contribution < 1.29 is 23.9 Å². The molecule has 0 aliphatic carbocycles. The Morgan fingerprint density at radius 3 is 2.08 bits per heavy atom. The van der Waals surface area contributed by atoms with Crippen LogP contribution in [-0.4, -0.2) is 84.8 Å². The number of hydrogen-bond acceptors (Lipinski definition) is 14. The van der Waals surface area contributed by atoms with Crippen LogP contribution >= 0.6 is 0 Å². The number of nitrogens with one attached hydrogen (secondary N) is 6. The van der Waals surface area contributed by atoms with Crippen LogP contribution in [0.4, 0.5) is 0 Å². The number of Topliss-reactive ketones (excluding diaryl/α,β-unsaturated/α-hetero) is 1. The zero-order valence-electron chi connectivity index (χ0n) is 27.5. The van der Waals surface area contributed by atoms with E-state index in [4.69, 9.17) is 38.8 Å². The lowest BCUT2D eigenvalue weighted by molar-refractivity contribution is -0.149. The summed E-state index contributed by atoms with van der Waals surface area (Å²) >= 11 is 0. The highest BCUT2D eigenvalue weighted by atomic mass is 16.5. The Labute approximate surface area is 285 Å². The summed E-state index contributed by atoms with van der Waals surface area (Å²) in [6.07, 6.45) is 1.10. The first-order chi connectivity index (χ1) is 23.4. The third-order valence-electron chi connectivity index (χ3n) is 7.81. The summed E-state index contributed by atoms with van der Waals surface area (Å²) in [5.41, 5.74) is 32.4. The number of ether oxygens (including phenoxy) is 1. The fourth-order valence-electron chi connectivity index (χ4n) is 5.24. The Bertz CT molecular complexity index is 1380. The Kier molecular flexibility index (Phi) is 16.2. The van der Waals surface area contributed by atoms with Crippen LogP contribution in [0.5, 0.6) is 5.75 Å². The van der Waals surface area contributed by atoms with Gasteiger partial charge in [0.2, 0.25) is 11.8 Å². The molecule has 0 saturated carbocycles. The number of nitrogens with two attached hydrogens (primary N) is 5. The number of hydrazine groups is 1. The molecule has 3 atom stereocenters. The molecule has 17 heteroatoms. The van der Waals surface area contributed by atoms with Gasteiger partial charge in [-0.2, -0.15) is 0 Å². The molecule has 1 saturated heterocycles. The highest BCUT2D eigenvalue weighted by Gasteiger charge is 2.36. The van der Waals surface area contributed by atoms with Gasteiger partial charge in [-0.05, 0) is 69.3 Å². The van der Waals surface area contributed by atoms with Crippen molar-refractivity contribution in [2.45, 2.75) is 75.8 Å². The molecule has 49 heavy (non-hydrogen) atoms. The SMILES string of the molecule is N=C(N)c1ccc(CNC(=O)[C@H](CCCNC(N)N)NN2CCC[C@H]2C(=O)N[C@@H](CCCNC(N)N)C(=O)C(=O)Oc2ccccc2)cc1. The maximum Gasteiger partial charge on any atom is 0.382 e. The van der Waals surface area contributed by atoms with Crippen LogP contribution < -0.4 is 60.1 Å². The van der Waals surface area contributed by atoms with Crippen LogP contribution in [0.1, 0.15) is 49.7 Å². The first-order valence-corrected chi connectivity index (χ1v) is 16.3. The number of carbonyl (C=O) groups excluding carboxylic acids is 4. The first kappa shape index (κ1) is 39.1. The van der Waals surface area contributed by atoms with Crippen LogP contribution in [0.25, 0.3) is 0 Å². The van der Waals surface area contributed by atoms with Crippen LogP contribution in [0.3, 0.4) is 0 Å². The molecular formula is C32H50N12O5. The van der Waals surface area contributed by atoms with E-state index < -0.39 is 48.4 Å². The molecule has 16 N–H and O–H groups in total. The topological polar surface area (TPSA) is 295 Å². The van der Waals surface area contributed by atoms with Gasteiger partial charge in [-0.1, -0.05) is 42.5 Å². The van der Waals surface area contributed by atoms with E-state index in [0.29, 0.717) is 57.3 Å². The summed E-state index contributed by atoms with van der Waals surface area (Å²) in [7, 11) is 0. The summed E-state index contributed by atoms with van der Waals surface area (Å²) < 4.78 is 5.24. The molecular weight excluding hydrogens is 632 g/mol. The van der Waals surface area contributed by atoms with E-state index in [-0.39, 0.29) is 30.5 Å². The maximum atomic E-state index is 13.7. The predicted octanol–water partition coefficient (Wildman–Crippen LogP) is -2.27. The van der Waals surface area contributed by atoms with Gasteiger partial charge in [-0.3, -0.25) is 30.4 Å². The van der Waals surface area contributed by atoms with Gasteiger partial charge in [0, 0.05) is 18.7 Å². The molecule has 0 spiro atoms. The van der Waals surface area contributed by atoms with E-state index in [1.807, 2.05) is 0 Å². The summed E-state index contributed by atoms with van der Waals surface area (Å²) in [4.78, 5) is 53.1. The summed E-state index contributed by atoms with van der Waals surface area (Å²) in [6, 6.07) is 12.5. The summed E-state index contributed by atoms with van der Waals surface area (Å²) in [5.74, 6) is -2.60. The molecule has 2 aromatic rings. The molecule has 0 unspecified atom stereocenters. The van der Waals surface area contributed by atoms with Gasteiger partial charge in [0.05, 0.1) is 6.04 Å². The normalized spacial score (nSPS) is 15.9. The van der Waals surface area contributed by atoms with Gasteiger partial charge in [0.25, 0.3) is 5.78 Å². The fraction of sp³-hybridized carbons (Fsp3) is 0.469. The van der Waals surface area contributed by atoms with Crippen molar-refractivity contribution >= 4 is 29.4 Å². The Hall–Kier alpha value is -4.33. The number of hydrogen-bond donors (Lipinski definition) is 11. The smallest absolute Gasteiger partial charge is 0.382 e. The minimum absolute atomic E-state index is 0.0500. The second-order valence-corrected chi connectivity index (χ2v) is 11.7. The molecule has 1 fully saturated rings. The predicted molar refractivity (Wildman–Crippen MR) is 184 cm³/mol. The minimum atomic E-state index is -1.16. The van der Waals surface area contributed by atoms with E-state index >= 15 is 0 Å². The molecule has 1 heterocycles. The van der Waals surface area contributed by atoms with Crippen molar-refractivity contribution in [3.8, 4) is 5.75 Å².